The van der Waals surface area contributed by atoms with Crippen LogP contribution in [-0.4, -0.2) is 41.5 Å². The van der Waals surface area contributed by atoms with Crippen LogP contribution in [0.3, 0.4) is 0 Å². The molecule has 2 unspecified atom stereocenters. The van der Waals surface area contributed by atoms with E-state index in [9.17, 15) is 0 Å². The van der Waals surface area contributed by atoms with Crippen molar-refractivity contribution in [2.75, 3.05) is 25.5 Å². The molecule has 5 heteroatoms. The predicted molar refractivity (Wildman–Crippen MR) is 73.8 cm³/mol. The second-order valence-corrected chi connectivity index (χ2v) is 5.58. The summed E-state index contributed by atoms with van der Waals surface area (Å²) in [5, 5.41) is 4.63. The van der Waals surface area contributed by atoms with Crippen LogP contribution in [-0.2, 0) is 4.74 Å². The third-order valence-corrected chi connectivity index (χ3v) is 4.17. The van der Waals surface area contributed by atoms with Gasteiger partial charge in [-0.05, 0) is 19.4 Å². The molecular weight excluding hydrogens is 246 g/mol. The molecule has 1 aliphatic heterocycles. The van der Waals surface area contributed by atoms with E-state index in [2.05, 4.69) is 22.2 Å². The Morgan fingerprint density at radius 3 is 3.17 bits per heavy atom. The molecule has 1 aromatic rings. The monoisotopic (exact) mass is 267 g/mol. The maximum atomic E-state index is 5.49. The molecule has 100 valence electrons. The fraction of sp³-hybridized carbons (Fsp3) is 0.692. The Balaban J connectivity index is 1.84. The van der Waals surface area contributed by atoms with Gasteiger partial charge in [-0.3, -0.25) is 4.98 Å². The molecule has 1 N–H and O–H groups in total. The molecule has 0 bridgehead atoms. The van der Waals surface area contributed by atoms with Crippen molar-refractivity contribution in [3.8, 4) is 0 Å². The molecule has 0 saturated carbocycles. The van der Waals surface area contributed by atoms with E-state index in [1.165, 1.54) is 12.8 Å². The lowest BCUT2D eigenvalue weighted by Gasteiger charge is -2.23. The second-order valence-electron chi connectivity index (χ2n) is 4.54. The maximum Gasteiger partial charge on any atom is 0.114 e. The highest BCUT2D eigenvalue weighted by atomic mass is 32.2. The molecule has 2 atom stereocenters. The van der Waals surface area contributed by atoms with E-state index in [4.69, 9.17) is 4.74 Å². The number of nitrogens with zero attached hydrogens (tertiary/aromatic N) is 2. The van der Waals surface area contributed by atoms with Gasteiger partial charge in [0.15, 0.2) is 0 Å². The Hall–Kier alpha value is -0.650. The van der Waals surface area contributed by atoms with Gasteiger partial charge in [0.2, 0.25) is 0 Å². The van der Waals surface area contributed by atoms with Gasteiger partial charge < -0.3 is 10.1 Å². The first-order valence-electron chi connectivity index (χ1n) is 6.60. The fourth-order valence-electron chi connectivity index (χ4n) is 2.10. The van der Waals surface area contributed by atoms with E-state index in [0.29, 0.717) is 12.0 Å². The van der Waals surface area contributed by atoms with E-state index >= 15 is 0 Å². The van der Waals surface area contributed by atoms with Crippen LogP contribution in [0, 0.1) is 5.92 Å². The zero-order valence-corrected chi connectivity index (χ0v) is 11.7. The average molecular weight is 267 g/mol. The van der Waals surface area contributed by atoms with Gasteiger partial charge in [-0.15, -0.1) is 11.8 Å². The number of nitrogens with one attached hydrogen (secondary N) is 1. The number of thioether (sulfide) groups is 1. The van der Waals surface area contributed by atoms with Crippen molar-refractivity contribution in [3.63, 3.8) is 0 Å². The summed E-state index contributed by atoms with van der Waals surface area (Å²) >= 11 is 1.77. The highest BCUT2D eigenvalue weighted by Gasteiger charge is 2.25. The van der Waals surface area contributed by atoms with E-state index in [-0.39, 0.29) is 0 Å². The smallest absolute Gasteiger partial charge is 0.114 e. The summed E-state index contributed by atoms with van der Waals surface area (Å²) in [7, 11) is 0. The van der Waals surface area contributed by atoms with Crippen molar-refractivity contribution < 1.29 is 4.74 Å². The average Bonchev–Trinajstić information content (AvgIpc) is 2.94. The molecule has 0 spiro atoms. The Labute approximate surface area is 113 Å². The Kier molecular flexibility index (Phi) is 5.90. The predicted octanol–water partition coefficient (Wildman–Crippen LogP) is 1.97. The van der Waals surface area contributed by atoms with E-state index in [0.717, 1.165) is 30.5 Å². The first kappa shape index (κ1) is 13.8. The number of hydrogen-bond donors (Lipinski definition) is 1. The normalized spacial score (nSPS) is 21.1. The quantitative estimate of drug-likeness (QED) is 0.765. The SMILES string of the molecule is CCCNC(CSc1cnccn1)C1CCOC1. The summed E-state index contributed by atoms with van der Waals surface area (Å²) in [5.74, 6) is 1.67. The van der Waals surface area contributed by atoms with Gasteiger partial charge in [-0.1, -0.05) is 6.92 Å². The zero-order chi connectivity index (χ0) is 12.6. The van der Waals surface area contributed by atoms with Crippen LogP contribution < -0.4 is 5.32 Å². The van der Waals surface area contributed by atoms with Crippen LogP contribution in [0.4, 0.5) is 0 Å². The standard InChI is InChI=1S/C13H21N3OS/c1-2-4-15-12(11-3-7-17-9-11)10-18-13-8-14-5-6-16-13/h5-6,8,11-12,15H,2-4,7,9-10H2,1H3. The molecule has 18 heavy (non-hydrogen) atoms. The van der Waals surface area contributed by atoms with Crippen LogP contribution in [0.15, 0.2) is 23.6 Å². The van der Waals surface area contributed by atoms with Crippen molar-refractivity contribution in [3.05, 3.63) is 18.6 Å². The Morgan fingerprint density at radius 1 is 1.56 bits per heavy atom. The van der Waals surface area contributed by atoms with Crippen molar-refractivity contribution in [2.24, 2.45) is 5.92 Å². The highest BCUT2D eigenvalue weighted by Crippen LogP contribution is 2.22. The Bertz CT molecular complexity index is 330. The summed E-state index contributed by atoms with van der Waals surface area (Å²) in [6.07, 6.45) is 7.62. The summed E-state index contributed by atoms with van der Waals surface area (Å²) in [5.41, 5.74) is 0. The third-order valence-electron chi connectivity index (χ3n) is 3.14. The van der Waals surface area contributed by atoms with Crippen molar-refractivity contribution in [1.29, 1.82) is 0 Å². The molecule has 1 aromatic heterocycles. The van der Waals surface area contributed by atoms with Gasteiger partial charge in [-0.2, -0.15) is 0 Å². The minimum Gasteiger partial charge on any atom is -0.381 e. The van der Waals surface area contributed by atoms with Crippen LogP contribution in [0.1, 0.15) is 19.8 Å². The second kappa shape index (κ2) is 7.71. The minimum atomic E-state index is 0.513. The molecule has 4 nitrogen and oxygen atoms in total. The van der Waals surface area contributed by atoms with E-state index < -0.39 is 0 Å². The van der Waals surface area contributed by atoms with Gasteiger partial charge in [0, 0.05) is 36.7 Å². The van der Waals surface area contributed by atoms with Gasteiger partial charge in [0.1, 0.15) is 5.03 Å². The molecule has 2 heterocycles. The van der Waals surface area contributed by atoms with Crippen molar-refractivity contribution in [2.45, 2.75) is 30.8 Å². The number of aromatic nitrogens is 2. The first-order valence-corrected chi connectivity index (χ1v) is 7.58. The lowest BCUT2D eigenvalue weighted by atomic mass is 10.0. The molecule has 2 rings (SSSR count). The molecule has 0 amide bonds. The van der Waals surface area contributed by atoms with Crippen LogP contribution in [0.5, 0.6) is 0 Å². The number of hydrogen-bond acceptors (Lipinski definition) is 5. The lowest BCUT2D eigenvalue weighted by molar-refractivity contribution is 0.179. The molecular formula is C13H21N3OS. The fourth-order valence-corrected chi connectivity index (χ4v) is 3.11. The van der Waals surface area contributed by atoms with Gasteiger partial charge in [-0.25, -0.2) is 4.98 Å². The summed E-state index contributed by atoms with van der Waals surface area (Å²) in [6.45, 7) is 5.07. The highest BCUT2D eigenvalue weighted by molar-refractivity contribution is 7.99. The van der Waals surface area contributed by atoms with Crippen molar-refractivity contribution in [1.82, 2.24) is 15.3 Å². The molecule has 0 radical (unpaired) electrons. The van der Waals surface area contributed by atoms with Crippen LogP contribution in [0.25, 0.3) is 0 Å². The maximum absolute atomic E-state index is 5.49. The topological polar surface area (TPSA) is 47.0 Å². The van der Waals surface area contributed by atoms with Crippen molar-refractivity contribution >= 4 is 11.8 Å². The van der Waals surface area contributed by atoms with Gasteiger partial charge in [0.25, 0.3) is 0 Å². The minimum absolute atomic E-state index is 0.513. The van der Waals surface area contributed by atoms with Crippen LogP contribution >= 0.6 is 11.8 Å². The molecule has 1 fully saturated rings. The zero-order valence-electron chi connectivity index (χ0n) is 10.8. The van der Waals surface area contributed by atoms with Crippen LogP contribution in [0.2, 0.25) is 0 Å². The summed E-state index contributed by atoms with van der Waals surface area (Å²) in [4.78, 5) is 8.39. The Morgan fingerprint density at radius 2 is 2.50 bits per heavy atom. The summed E-state index contributed by atoms with van der Waals surface area (Å²) in [6, 6.07) is 0.513. The number of rotatable bonds is 7. The number of ether oxygens (including phenoxy) is 1. The van der Waals surface area contributed by atoms with E-state index in [1.807, 2.05) is 6.20 Å². The van der Waals surface area contributed by atoms with E-state index in [1.54, 1.807) is 24.2 Å². The lowest BCUT2D eigenvalue weighted by Crippen LogP contribution is -2.39. The third kappa shape index (κ3) is 4.23. The molecule has 1 saturated heterocycles. The van der Waals surface area contributed by atoms with Gasteiger partial charge >= 0.3 is 0 Å². The van der Waals surface area contributed by atoms with Gasteiger partial charge in [0.05, 0.1) is 12.8 Å². The molecule has 0 aliphatic carbocycles. The largest absolute Gasteiger partial charge is 0.381 e. The molecule has 0 aromatic carbocycles. The first-order chi connectivity index (χ1) is 8.90. The summed E-state index contributed by atoms with van der Waals surface area (Å²) < 4.78 is 5.49. The molecule has 1 aliphatic rings.